The van der Waals surface area contributed by atoms with E-state index in [1.54, 1.807) is 18.3 Å². The Bertz CT molecular complexity index is 1170. The molecule has 3 aromatic rings. The Hall–Kier alpha value is -2.82. The van der Waals surface area contributed by atoms with Crippen molar-refractivity contribution in [3.63, 3.8) is 0 Å². The lowest BCUT2D eigenvalue weighted by atomic mass is 10.2. The fourth-order valence-corrected chi connectivity index (χ4v) is 4.80. The van der Waals surface area contributed by atoms with Gasteiger partial charge in [0, 0.05) is 25.0 Å². The van der Waals surface area contributed by atoms with E-state index in [0.717, 1.165) is 22.9 Å². The summed E-state index contributed by atoms with van der Waals surface area (Å²) in [5.41, 5.74) is 3.30. The Morgan fingerprint density at radius 2 is 1.78 bits per heavy atom. The monoisotopic (exact) mass is 458 g/mol. The quantitative estimate of drug-likeness (QED) is 0.467. The highest BCUT2D eigenvalue weighted by molar-refractivity contribution is 7.89. The Morgan fingerprint density at radius 1 is 1.09 bits per heavy atom. The lowest BCUT2D eigenvalue weighted by Gasteiger charge is -2.16. The molecule has 172 valence electrons. The van der Waals surface area contributed by atoms with Crippen molar-refractivity contribution in [2.45, 2.75) is 58.2 Å². The first-order valence-corrected chi connectivity index (χ1v) is 12.0. The SMILES string of the molecule is CCC(NS(=O)(=O)c1ccc(Nc2nccc(-c3c(C)nc(C)n3C(C)C)n2)cc1)OC. The summed E-state index contributed by atoms with van der Waals surface area (Å²) in [6, 6.07) is 8.50. The van der Waals surface area contributed by atoms with E-state index in [9.17, 15) is 8.42 Å². The fraction of sp³-hybridized carbons (Fsp3) is 0.409. The summed E-state index contributed by atoms with van der Waals surface area (Å²) in [4.78, 5) is 13.7. The first-order chi connectivity index (χ1) is 15.2. The predicted molar refractivity (Wildman–Crippen MR) is 124 cm³/mol. The van der Waals surface area contributed by atoms with Crippen LogP contribution in [0.4, 0.5) is 11.6 Å². The number of anilines is 2. The van der Waals surface area contributed by atoms with Gasteiger partial charge in [0.25, 0.3) is 0 Å². The van der Waals surface area contributed by atoms with Gasteiger partial charge in [0.15, 0.2) is 0 Å². The van der Waals surface area contributed by atoms with Gasteiger partial charge in [-0.1, -0.05) is 6.92 Å². The predicted octanol–water partition coefficient (Wildman–Crippen LogP) is 3.94. The molecule has 0 amide bonds. The molecule has 0 saturated heterocycles. The van der Waals surface area contributed by atoms with Crippen LogP contribution in [0, 0.1) is 13.8 Å². The zero-order valence-electron chi connectivity index (χ0n) is 19.2. The molecule has 3 rings (SSSR count). The number of ether oxygens (including phenoxy) is 1. The fourth-order valence-electron chi connectivity index (χ4n) is 3.56. The van der Waals surface area contributed by atoms with Gasteiger partial charge in [0.1, 0.15) is 12.1 Å². The molecule has 1 atom stereocenters. The lowest BCUT2D eigenvalue weighted by molar-refractivity contribution is 0.0906. The molecule has 0 aliphatic heterocycles. The number of sulfonamides is 1. The second kappa shape index (κ2) is 9.76. The molecule has 10 heteroatoms. The lowest BCUT2D eigenvalue weighted by Crippen LogP contribution is -2.35. The van der Waals surface area contributed by atoms with E-state index in [1.807, 2.05) is 26.8 Å². The molecule has 0 saturated carbocycles. The summed E-state index contributed by atoms with van der Waals surface area (Å²) in [6.07, 6.45) is 1.65. The third-order valence-corrected chi connectivity index (χ3v) is 6.50. The zero-order chi connectivity index (χ0) is 23.5. The van der Waals surface area contributed by atoms with Crippen LogP contribution >= 0.6 is 0 Å². The molecule has 0 aliphatic carbocycles. The number of aryl methyl sites for hydroxylation is 2. The van der Waals surface area contributed by atoms with Gasteiger partial charge in [-0.05, 0) is 64.4 Å². The minimum atomic E-state index is -3.68. The van der Waals surface area contributed by atoms with Gasteiger partial charge < -0.3 is 14.6 Å². The minimum Gasteiger partial charge on any atom is -0.366 e. The number of hydrogen-bond donors (Lipinski definition) is 2. The minimum absolute atomic E-state index is 0.153. The standard InChI is InChI=1S/C22H30N6O3S/c1-7-20(31-6)27-32(29,30)18-10-8-17(9-11-18)25-22-23-13-12-19(26-22)21-15(4)24-16(5)28(21)14(2)3/h8-14,20,27H,7H2,1-6H3,(H,23,25,26). The van der Waals surface area contributed by atoms with Gasteiger partial charge in [0.05, 0.1) is 22.0 Å². The number of methoxy groups -OCH3 is 1. The molecule has 2 heterocycles. The number of aromatic nitrogens is 4. The molecule has 32 heavy (non-hydrogen) atoms. The van der Waals surface area contributed by atoms with Crippen molar-refractivity contribution in [3.05, 3.63) is 48.0 Å². The highest BCUT2D eigenvalue weighted by atomic mass is 32.2. The molecule has 2 aromatic heterocycles. The van der Waals surface area contributed by atoms with Crippen molar-refractivity contribution < 1.29 is 13.2 Å². The molecule has 0 fully saturated rings. The number of rotatable bonds is 9. The molecule has 1 aromatic carbocycles. The molecular weight excluding hydrogens is 428 g/mol. The largest absolute Gasteiger partial charge is 0.366 e. The van der Waals surface area contributed by atoms with Gasteiger partial charge in [-0.15, -0.1) is 0 Å². The van der Waals surface area contributed by atoms with Crippen molar-refractivity contribution in [2.24, 2.45) is 0 Å². The summed E-state index contributed by atoms with van der Waals surface area (Å²) in [5.74, 6) is 1.35. The van der Waals surface area contributed by atoms with Crippen molar-refractivity contribution in [1.82, 2.24) is 24.2 Å². The van der Waals surface area contributed by atoms with Crippen LogP contribution in [0.1, 0.15) is 44.8 Å². The van der Waals surface area contributed by atoms with Crippen molar-refractivity contribution in [2.75, 3.05) is 12.4 Å². The molecule has 2 N–H and O–H groups in total. The van der Waals surface area contributed by atoms with Crippen molar-refractivity contribution >= 4 is 21.7 Å². The second-order valence-electron chi connectivity index (χ2n) is 7.73. The number of benzene rings is 1. The molecule has 0 spiro atoms. The van der Waals surface area contributed by atoms with Crippen LogP contribution in [0.3, 0.4) is 0 Å². The third kappa shape index (κ3) is 5.14. The number of imidazole rings is 1. The van der Waals surface area contributed by atoms with Crippen LogP contribution in [0.2, 0.25) is 0 Å². The first-order valence-electron chi connectivity index (χ1n) is 10.5. The van der Waals surface area contributed by atoms with Crippen molar-refractivity contribution in [1.29, 1.82) is 0 Å². The molecule has 9 nitrogen and oxygen atoms in total. The average molecular weight is 459 g/mol. The van der Waals surface area contributed by atoms with E-state index in [1.165, 1.54) is 19.2 Å². The third-order valence-electron chi connectivity index (χ3n) is 5.04. The van der Waals surface area contributed by atoms with E-state index in [-0.39, 0.29) is 10.9 Å². The maximum Gasteiger partial charge on any atom is 0.242 e. The smallest absolute Gasteiger partial charge is 0.242 e. The summed E-state index contributed by atoms with van der Waals surface area (Å²) in [7, 11) is -2.21. The topological polar surface area (TPSA) is 111 Å². The van der Waals surface area contributed by atoms with Crippen LogP contribution in [-0.4, -0.2) is 41.3 Å². The molecule has 1 unspecified atom stereocenters. The van der Waals surface area contributed by atoms with E-state index in [0.29, 0.717) is 18.1 Å². The Kier molecular flexibility index (Phi) is 7.27. The van der Waals surface area contributed by atoms with Gasteiger partial charge in [-0.25, -0.2) is 23.4 Å². The Morgan fingerprint density at radius 3 is 2.38 bits per heavy atom. The maximum atomic E-state index is 12.5. The van der Waals surface area contributed by atoms with Gasteiger partial charge in [-0.2, -0.15) is 4.72 Å². The van der Waals surface area contributed by atoms with Crippen LogP contribution in [0.15, 0.2) is 41.4 Å². The summed E-state index contributed by atoms with van der Waals surface area (Å²) < 4.78 is 34.8. The first kappa shape index (κ1) is 23.8. The number of hydrogen-bond acceptors (Lipinski definition) is 7. The molecule has 0 aliphatic rings. The highest BCUT2D eigenvalue weighted by Gasteiger charge is 2.19. The molecular formula is C22H30N6O3S. The summed E-state index contributed by atoms with van der Waals surface area (Å²) >= 11 is 0. The average Bonchev–Trinajstić information content (AvgIpc) is 3.06. The second-order valence-corrected chi connectivity index (χ2v) is 9.44. The summed E-state index contributed by atoms with van der Waals surface area (Å²) in [6.45, 7) is 10.0. The summed E-state index contributed by atoms with van der Waals surface area (Å²) in [5, 5.41) is 3.14. The van der Waals surface area contributed by atoms with E-state index < -0.39 is 16.3 Å². The van der Waals surface area contributed by atoms with Gasteiger partial charge in [0.2, 0.25) is 16.0 Å². The van der Waals surface area contributed by atoms with E-state index in [2.05, 4.69) is 43.4 Å². The molecule has 0 radical (unpaired) electrons. The van der Waals surface area contributed by atoms with E-state index >= 15 is 0 Å². The van der Waals surface area contributed by atoms with Crippen LogP contribution in [-0.2, 0) is 14.8 Å². The number of nitrogens with zero attached hydrogens (tertiary/aromatic N) is 4. The van der Waals surface area contributed by atoms with Crippen LogP contribution in [0.25, 0.3) is 11.4 Å². The van der Waals surface area contributed by atoms with E-state index in [4.69, 9.17) is 4.74 Å². The maximum absolute atomic E-state index is 12.5. The zero-order valence-corrected chi connectivity index (χ0v) is 20.1. The van der Waals surface area contributed by atoms with Gasteiger partial charge in [-0.3, -0.25) is 0 Å². The van der Waals surface area contributed by atoms with Crippen molar-refractivity contribution in [3.8, 4) is 11.4 Å². The number of nitrogens with one attached hydrogen (secondary N) is 2. The van der Waals surface area contributed by atoms with Crippen LogP contribution < -0.4 is 10.0 Å². The normalized spacial score (nSPS) is 12.8. The Labute approximate surface area is 189 Å². The molecule has 0 bridgehead atoms. The highest BCUT2D eigenvalue weighted by Crippen LogP contribution is 2.27. The Balaban J connectivity index is 1.83. The van der Waals surface area contributed by atoms with Gasteiger partial charge >= 0.3 is 0 Å². The van der Waals surface area contributed by atoms with Crippen LogP contribution in [0.5, 0.6) is 0 Å².